The summed E-state index contributed by atoms with van der Waals surface area (Å²) >= 11 is 3.61. The number of H-pyrrole nitrogens is 1. The monoisotopic (exact) mass is 328 g/mol. The topological polar surface area (TPSA) is 107 Å². The smallest absolute Gasteiger partial charge is 0.259 e. The molecule has 2 rings (SSSR count). The van der Waals surface area contributed by atoms with E-state index >= 15 is 0 Å². The van der Waals surface area contributed by atoms with Gasteiger partial charge in [0.05, 0.1) is 17.0 Å². The van der Waals surface area contributed by atoms with Gasteiger partial charge in [0.15, 0.2) is 0 Å². The SMILES string of the molecule is O=C(NCCc1cnc[nH]1)c1ccc(Cl)c(NS(=O)O)c1. The summed E-state index contributed by atoms with van der Waals surface area (Å²) in [6.07, 6.45) is 3.89. The predicted octanol–water partition coefficient (Wildman–Crippen LogP) is 1.58. The lowest BCUT2D eigenvalue weighted by Crippen LogP contribution is -2.25. The first-order valence-corrected chi connectivity index (χ1v) is 7.47. The number of halogens is 1. The Hall–Kier alpha value is -1.90. The summed E-state index contributed by atoms with van der Waals surface area (Å²) in [5, 5.41) is 3.00. The van der Waals surface area contributed by atoms with Gasteiger partial charge in [-0.1, -0.05) is 11.6 Å². The average molecular weight is 329 g/mol. The molecule has 0 aliphatic heterocycles. The molecular formula is C12H13ClN4O3S. The molecule has 9 heteroatoms. The van der Waals surface area contributed by atoms with Gasteiger partial charge in [0.2, 0.25) is 0 Å². The van der Waals surface area contributed by atoms with E-state index in [9.17, 15) is 9.00 Å². The number of rotatable bonds is 6. The summed E-state index contributed by atoms with van der Waals surface area (Å²) in [6.45, 7) is 0.443. The number of aromatic amines is 1. The van der Waals surface area contributed by atoms with Gasteiger partial charge in [0.25, 0.3) is 17.2 Å². The van der Waals surface area contributed by atoms with Crippen molar-refractivity contribution in [3.63, 3.8) is 0 Å². The summed E-state index contributed by atoms with van der Waals surface area (Å²) in [5.74, 6) is -0.294. The maximum absolute atomic E-state index is 12.0. The third kappa shape index (κ3) is 4.55. The molecule has 1 aromatic heterocycles. The van der Waals surface area contributed by atoms with Crippen molar-refractivity contribution in [3.8, 4) is 0 Å². The van der Waals surface area contributed by atoms with Gasteiger partial charge in [-0.2, -0.15) is 0 Å². The Labute approximate surface area is 128 Å². The zero-order valence-corrected chi connectivity index (χ0v) is 12.4. The predicted molar refractivity (Wildman–Crippen MR) is 80.5 cm³/mol. The van der Waals surface area contributed by atoms with Gasteiger partial charge in [-0.25, -0.2) is 9.19 Å². The van der Waals surface area contributed by atoms with Crippen LogP contribution in [0.25, 0.3) is 0 Å². The summed E-state index contributed by atoms with van der Waals surface area (Å²) in [4.78, 5) is 18.8. The minimum Gasteiger partial charge on any atom is -0.352 e. The van der Waals surface area contributed by atoms with Gasteiger partial charge in [-0.05, 0) is 18.2 Å². The molecule has 1 heterocycles. The molecule has 4 N–H and O–H groups in total. The van der Waals surface area contributed by atoms with Crippen LogP contribution in [0.15, 0.2) is 30.7 Å². The molecule has 0 fully saturated rings. The number of amides is 1. The second-order valence-electron chi connectivity index (χ2n) is 4.13. The first-order chi connectivity index (χ1) is 10.1. The minimum absolute atomic E-state index is 0.221. The fraction of sp³-hybridized carbons (Fsp3) is 0.167. The van der Waals surface area contributed by atoms with Crippen LogP contribution in [-0.4, -0.2) is 31.2 Å². The molecule has 0 saturated carbocycles. The van der Waals surface area contributed by atoms with Crippen LogP contribution in [0.2, 0.25) is 5.02 Å². The van der Waals surface area contributed by atoms with E-state index in [1.807, 2.05) is 0 Å². The number of hydrogen-bond acceptors (Lipinski definition) is 3. The zero-order chi connectivity index (χ0) is 15.2. The van der Waals surface area contributed by atoms with Crippen LogP contribution in [0.4, 0.5) is 5.69 Å². The Bertz CT molecular complexity index is 648. The van der Waals surface area contributed by atoms with E-state index in [1.54, 1.807) is 18.6 Å². The van der Waals surface area contributed by atoms with Crippen LogP contribution in [0.1, 0.15) is 16.1 Å². The fourth-order valence-electron chi connectivity index (χ4n) is 1.67. The maximum Gasteiger partial charge on any atom is 0.259 e. The Kier molecular flexibility index (Phi) is 5.32. The number of aromatic nitrogens is 2. The molecule has 21 heavy (non-hydrogen) atoms. The van der Waals surface area contributed by atoms with E-state index in [0.717, 1.165) is 5.69 Å². The number of carbonyl (C=O) groups is 1. The summed E-state index contributed by atoms with van der Waals surface area (Å²) in [5.41, 5.74) is 1.49. The molecule has 1 unspecified atom stereocenters. The normalized spacial score (nSPS) is 11.9. The second-order valence-corrected chi connectivity index (χ2v) is 5.24. The van der Waals surface area contributed by atoms with Crippen LogP contribution in [0.3, 0.4) is 0 Å². The van der Waals surface area contributed by atoms with Gasteiger partial charge >= 0.3 is 0 Å². The highest BCUT2D eigenvalue weighted by Crippen LogP contribution is 2.23. The first-order valence-electron chi connectivity index (χ1n) is 5.99. The van der Waals surface area contributed by atoms with Crippen molar-refractivity contribution < 1.29 is 13.6 Å². The van der Waals surface area contributed by atoms with Crippen molar-refractivity contribution in [1.82, 2.24) is 15.3 Å². The molecule has 112 valence electrons. The lowest BCUT2D eigenvalue weighted by atomic mass is 10.2. The van der Waals surface area contributed by atoms with E-state index in [2.05, 4.69) is 20.0 Å². The van der Waals surface area contributed by atoms with Crippen LogP contribution < -0.4 is 10.0 Å². The van der Waals surface area contributed by atoms with Crippen LogP contribution in [0, 0.1) is 0 Å². The molecule has 7 nitrogen and oxygen atoms in total. The molecule has 1 atom stereocenters. The summed E-state index contributed by atoms with van der Waals surface area (Å²) in [7, 11) is 0. The highest BCUT2D eigenvalue weighted by molar-refractivity contribution is 7.80. The summed E-state index contributed by atoms with van der Waals surface area (Å²) < 4.78 is 21.8. The molecule has 0 bridgehead atoms. The molecule has 0 radical (unpaired) electrons. The van der Waals surface area contributed by atoms with Crippen molar-refractivity contribution in [2.45, 2.75) is 6.42 Å². The number of anilines is 1. The Morgan fingerprint density at radius 1 is 1.48 bits per heavy atom. The summed E-state index contributed by atoms with van der Waals surface area (Å²) in [6, 6.07) is 4.45. The quantitative estimate of drug-likeness (QED) is 0.604. The third-order valence-corrected chi connectivity index (χ3v) is 3.38. The van der Waals surface area contributed by atoms with Crippen LogP contribution in [-0.2, 0) is 17.7 Å². The van der Waals surface area contributed by atoms with Gasteiger partial charge in [0.1, 0.15) is 0 Å². The van der Waals surface area contributed by atoms with E-state index in [1.165, 1.54) is 12.1 Å². The van der Waals surface area contributed by atoms with Crippen molar-refractivity contribution >= 4 is 34.5 Å². The minimum atomic E-state index is -2.25. The lowest BCUT2D eigenvalue weighted by Gasteiger charge is -2.08. The average Bonchev–Trinajstić information content (AvgIpc) is 2.94. The zero-order valence-electron chi connectivity index (χ0n) is 10.8. The van der Waals surface area contributed by atoms with Crippen LogP contribution in [0.5, 0.6) is 0 Å². The largest absolute Gasteiger partial charge is 0.352 e. The van der Waals surface area contributed by atoms with Gasteiger partial charge < -0.3 is 10.3 Å². The molecular weight excluding hydrogens is 316 g/mol. The molecule has 2 aromatic rings. The third-order valence-electron chi connectivity index (χ3n) is 2.66. The molecule has 0 saturated heterocycles. The highest BCUT2D eigenvalue weighted by Gasteiger charge is 2.09. The van der Waals surface area contributed by atoms with Crippen molar-refractivity contribution in [3.05, 3.63) is 47.0 Å². The lowest BCUT2D eigenvalue weighted by molar-refractivity contribution is 0.0954. The molecule has 0 aliphatic rings. The van der Waals surface area contributed by atoms with E-state index < -0.39 is 11.3 Å². The van der Waals surface area contributed by atoms with Crippen molar-refractivity contribution in [1.29, 1.82) is 0 Å². The number of nitrogens with one attached hydrogen (secondary N) is 3. The van der Waals surface area contributed by atoms with Gasteiger partial charge in [0, 0.05) is 30.4 Å². The Balaban J connectivity index is 1.96. The highest BCUT2D eigenvalue weighted by atomic mass is 35.5. The van der Waals surface area contributed by atoms with Crippen LogP contribution >= 0.6 is 11.6 Å². The number of carbonyl (C=O) groups excluding carboxylic acids is 1. The fourth-order valence-corrected chi connectivity index (χ4v) is 2.25. The molecule has 0 aliphatic carbocycles. The number of benzene rings is 1. The van der Waals surface area contributed by atoms with E-state index in [-0.39, 0.29) is 16.6 Å². The number of imidazole rings is 1. The first kappa shape index (κ1) is 15.5. The van der Waals surface area contributed by atoms with E-state index in [4.69, 9.17) is 16.2 Å². The maximum atomic E-state index is 12.0. The molecule has 1 aromatic carbocycles. The standard InChI is InChI=1S/C12H13ClN4O3S/c13-10-2-1-8(5-11(10)17-21(19)20)12(18)15-4-3-9-6-14-7-16-9/h1-2,5-7,17H,3-4H2,(H,14,16)(H,15,18)(H,19,20). The van der Waals surface area contributed by atoms with E-state index in [0.29, 0.717) is 18.5 Å². The van der Waals surface area contributed by atoms with Gasteiger partial charge in [-0.3, -0.25) is 14.1 Å². The number of hydrogen-bond donors (Lipinski definition) is 4. The van der Waals surface area contributed by atoms with Crippen molar-refractivity contribution in [2.75, 3.05) is 11.3 Å². The second kappa shape index (κ2) is 7.21. The molecule has 1 amide bonds. The number of nitrogens with zero attached hydrogens (tertiary/aromatic N) is 1. The Morgan fingerprint density at radius 2 is 2.29 bits per heavy atom. The van der Waals surface area contributed by atoms with Crippen molar-refractivity contribution in [2.24, 2.45) is 0 Å². The Morgan fingerprint density at radius 3 is 2.95 bits per heavy atom. The van der Waals surface area contributed by atoms with Gasteiger partial charge in [-0.15, -0.1) is 0 Å². The molecule has 0 spiro atoms.